The van der Waals surface area contributed by atoms with E-state index >= 15 is 0 Å². The van der Waals surface area contributed by atoms with E-state index < -0.39 is 0 Å². The first kappa shape index (κ1) is 18.8. The summed E-state index contributed by atoms with van der Waals surface area (Å²) in [6.45, 7) is 0. The number of hydrogen-bond acceptors (Lipinski definition) is 4. The average Bonchev–Trinajstić information content (AvgIpc) is 2.65. The smallest absolute Gasteiger partial charge is 0.230 e. The fraction of sp³-hybridized carbons (Fsp3) is 0.0500. The van der Waals surface area contributed by atoms with Crippen molar-refractivity contribution < 1.29 is 9.53 Å². The molecule has 0 atom stereocenters. The van der Waals surface area contributed by atoms with Crippen molar-refractivity contribution in [1.29, 1.82) is 0 Å². The molecule has 0 fully saturated rings. The minimum Gasteiger partial charge on any atom is -0.457 e. The Hall–Kier alpha value is -2.96. The van der Waals surface area contributed by atoms with Crippen LogP contribution in [0.1, 0.15) is 5.56 Å². The number of aromatic nitrogens is 1. The van der Waals surface area contributed by atoms with E-state index in [1.807, 2.05) is 30.3 Å². The van der Waals surface area contributed by atoms with Crippen LogP contribution in [-0.2, 0) is 11.2 Å². The molecule has 1 amide bonds. The number of ether oxygens (including phenoxy) is 1. The second kappa shape index (κ2) is 9.12. The van der Waals surface area contributed by atoms with Gasteiger partial charge in [-0.2, -0.15) is 0 Å². The van der Waals surface area contributed by atoms with Gasteiger partial charge in [0.2, 0.25) is 5.91 Å². The third kappa shape index (κ3) is 5.77. The second-order valence-corrected chi connectivity index (χ2v) is 6.34. The highest BCUT2D eigenvalue weighted by Crippen LogP contribution is 2.29. The van der Waals surface area contributed by atoms with Crippen molar-refractivity contribution in [2.24, 2.45) is 0 Å². The van der Waals surface area contributed by atoms with E-state index in [1.54, 1.807) is 36.5 Å². The zero-order valence-electron chi connectivity index (χ0n) is 14.1. The van der Waals surface area contributed by atoms with Gasteiger partial charge in [-0.3, -0.25) is 9.78 Å². The van der Waals surface area contributed by atoms with Gasteiger partial charge >= 0.3 is 0 Å². The lowest BCUT2D eigenvalue weighted by Gasteiger charge is -2.12. The number of amides is 1. The highest BCUT2D eigenvalue weighted by Gasteiger charge is 2.09. The third-order valence-corrected chi connectivity index (χ3v) is 4.00. The van der Waals surface area contributed by atoms with Crippen LogP contribution >= 0.6 is 23.8 Å². The van der Waals surface area contributed by atoms with Gasteiger partial charge in [-0.05, 0) is 36.0 Å². The first-order valence-electron chi connectivity index (χ1n) is 8.04. The molecule has 0 aliphatic carbocycles. The van der Waals surface area contributed by atoms with Gasteiger partial charge in [0.25, 0.3) is 0 Å². The Bertz CT molecular complexity index is 936. The molecule has 7 heteroatoms. The molecule has 0 saturated carbocycles. The summed E-state index contributed by atoms with van der Waals surface area (Å²) < 4.78 is 5.66. The molecule has 0 aliphatic rings. The van der Waals surface area contributed by atoms with E-state index in [4.69, 9.17) is 28.6 Å². The Morgan fingerprint density at radius 1 is 1.15 bits per heavy atom. The number of carbonyl (C=O) groups excluding carboxylic acids is 1. The van der Waals surface area contributed by atoms with Gasteiger partial charge in [0.15, 0.2) is 5.11 Å². The molecule has 0 aliphatic heterocycles. The minimum atomic E-state index is -0.205. The monoisotopic (exact) mass is 396 g/mol. The summed E-state index contributed by atoms with van der Waals surface area (Å²) in [5.74, 6) is 0.957. The molecular formula is C20H15ClN3O2S. The SMILES string of the molecule is O=C(Cc1ccccc1)NC(=S)Nc1ccc(Oc2c[c]ncc2)cc1Cl. The largest absolute Gasteiger partial charge is 0.457 e. The predicted octanol–water partition coefficient (Wildman–Crippen LogP) is 4.38. The summed E-state index contributed by atoms with van der Waals surface area (Å²) in [4.78, 5) is 15.9. The number of halogens is 1. The maximum absolute atomic E-state index is 12.1. The second-order valence-electron chi connectivity index (χ2n) is 5.53. The van der Waals surface area contributed by atoms with Crippen molar-refractivity contribution in [3.05, 3.63) is 83.6 Å². The molecule has 1 heterocycles. The third-order valence-electron chi connectivity index (χ3n) is 3.48. The van der Waals surface area contributed by atoms with E-state index in [2.05, 4.69) is 21.8 Å². The topological polar surface area (TPSA) is 63.2 Å². The number of nitrogens with zero attached hydrogens (tertiary/aromatic N) is 1. The summed E-state index contributed by atoms with van der Waals surface area (Å²) in [7, 11) is 0. The van der Waals surface area contributed by atoms with E-state index in [1.165, 1.54) is 0 Å². The van der Waals surface area contributed by atoms with Crippen molar-refractivity contribution in [1.82, 2.24) is 10.3 Å². The van der Waals surface area contributed by atoms with Gasteiger partial charge in [-0.1, -0.05) is 41.9 Å². The van der Waals surface area contributed by atoms with Crippen molar-refractivity contribution in [3.8, 4) is 11.5 Å². The fourth-order valence-corrected chi connectivity index (χ4v) is 2.71. The Morgan fingerprint density at radius 2 is 1.96 bits per heavy atom. The summed E-state index contributed by atoms with van der Waals surface area (Å²) in [6, 6.07) is 17.9. The van der Waals surface area contributed by atoms with Gasteiger partial charge in [0, 0.05) is 18.3 Å². The Balaban J connectivity index is 1.56. The zero-order chi connectivity index (χ0) is 19.1. The molecular weight excluding hydrogens is 382 g/mol. The van der Waals surface area contributed by atoms with Gasteiger partial charge in [-0.25, -0.2) is 0 Å². The highest BCUT2D eigenvalue weighted by molar-refractivity contribution is 7.80. The number of anilines is 1. The van der Waals surface area contributed by atoms with Crippen LogP contribution < -0.4 is 15.4 Å². The summed E-state index contributed by atoms with van der Waals surface area (Å²) in [5.41, 5.74) is 1.47. The maximum atomic E-state index is 12.1. The minimum absolute atomic E-state index is 0.176. The molecule has 3 aromatic rings. The molecule has 1 aromatic heterocycles. The molecule has 1 radical (unpaired) electrons. The number of pyridine rings is 1. The molecule has 0 spiro atoms. The molecule has 27 heavy (non-hydrogen) atoms. The van der Waals surface area contributed by atoms with Crippen molar-refractivity contribution in [3.63, 3.8) is 0 Å². The zero-order valence-corrected chi connectivity index (χ0v) is 15.7. The average molecular weight is 397 g/mol. The first-order chi connectivity index (χ1) is 13.1. The van der Waals surface area contributed by atoms with E-state index in [9.17, 15) is 4.79 Å². The molecule has 2 N–H and O–H groups in total. The normalized spacial score (nSPS) is 10.1. The fourth-order valence-electron chi connectivity index (χ4n) is 2.27. The number of nitrogens with one attached hydrogen (secondary N) is 2. The number of thiocarbonyl (C=S) groups is 1. The molecule has 2 aromatic carbocycles. The van der Waals surface area contributed by atoms with E-state index in [0.717, 1.165) is 5.56 Å². The first-order valence-corrected chi connectivity index (χ1v) is 8.83. The van der Waals surface area contributed by atoms with Crippen LogP contribution in [0.2, 0.25) is 5.02 Å². The predicted molar refractivity (Wildman–Crippen MR) is 109 cm³/mol. The van der Waals surface area contributed by atoms with Crippen molar-refractivity contribution in [2.75, 3.05) is 5.32 Å². The summed E-state index contributed by atoms with van der Waals surface area (Å²) >= 11 is 11.5. The van der Waals surface area contributed by atoms with Crippen LogP contribution in [0.5, 0.6) is 11.5 Å². The van der Waals surface area contributed by atoms with Crippen LogP contribution in [0, 0.1) is 6.20 Å². The quantitative estimate of drug-likeness (QED) is 0.626. The van der Waals surface area contributed by atoms with Crippen molar-refractivity contribution in [2.45, 2.75) is 6.42 Å². The number of carbonyl (C=O) groups is 1. The van der Waals surface area contributed by atoms with Crippen molar-refractivity contribution >= 4 is 40.5 Å². The molecule has 5 nitrogen and oxygen atoms in total. The summed E-state index contributed by atoms with van der Waals surface area (Å²) in [5, 5.41) is 6.14. The number of rotatable bonds is 5. The molecule has 135 valence electrons. The van der Waals surface area contributed by atoms with Crippen LogP contribution in [0.3, 0.4) is 0 Å². The Labute approximate surface area is 167 Å². The standard InChI is InChI=1S/C20H15ClN3O2S/c21-17-13-16(26-15-8-10-22-11-9-15)6-7-18(17)23-20(27)24-19(25)12-14-4-2-1-3-5-14/h1-10,13H,12H2,(H2,23,24,25,27). The van der Waals surface area contributed by atoms with Crippen LogP contribution in [-0.4, -0.2) is 16.0 Å². The lowest BCUT2D eigenvalue weighted by atomic mass is 10.1. The Morgan fingerprint density at radius 3 is 2.67 bits per heavy atom. The lowest BCUT2D eigenvalue weighted by Crippen LogP contribution is -2.35. The van der Waals surface area contributed by atoms with Gasteiger partial charge in [-0.15, -0.1) is 0 Å². The molecule has 0 saturated heterocycles. The summed E-state index contributed by atoms with van der Waals surface area (Å²) in [6.07, 6.45) is 4.52. The molecule has 0 unspecified atom stereocenters. The van der Waals surface area contributed by atoms with Gasteiger partial charge < -0.3 is 15.4 Å². The number of benzene rings is 2. The molecule has 0 bridgehead atoms. The highest BCUT2D eigenvalue weighted by atomic mass is 35.5. The van der Waals surface area contributed by atoms with Gasteiger partial charge in [0.05, 0.1) is 23.3 Å². The number of hydrogen-bond donors (Lipinski definition) is 2. The maximum Gasteiger partial charge on any atom is 0.230 e. The Kier molecular flexibility index (Phi) is 6.35. The van der Waals surface area contributed by atoms with E-state index in [0.29, 0.717) is 22.2 Å². The molecule has 3 rings (SSSR count). The van der Waals surface area contributed by atoms with Crippen LogP contribution in [0.15, 0.2) is 66.9 Å². The van der Waals surface area contributed by atoms with Gasteiger partial charge in [0.1, 0.15) is 11.5 Å². The van der Waals surface area contributed by atoms with Crippen LogP contribution in [0.25, 0.3) is 0 Å². The van der Waals surface area contributed by atoms with Crippen LogP contribution in [0.4, 0.5) is 5.69 Å². The van der Waals surface area contributed by atoms with E-state index in [-0.39, 0.29) is 17.4 Å². The lowest BCUT2D eigenvalue weighted by molar-refractivity contribution is -0.119.